The SMILES string of the molecule is CCC1CC(C(C)C)C(N(C)[C@H](C)N)[C@H]1C. The molecule has 1 fully saturated rings. The molecule has 0 spiro atoms. The van der Waals surface area contributed by atoms with Gasteiger partial charge in [0.25, 0.3) is 0 Å². The molecule has 1 saturated carbocycles. The van der Waals surface area contributed by atoms with Crippen LogP contribution in [0.25, 0.3) is 0 Å². The Morgan fingerprint density at radius 3 is 2.25 bits per heavy atom. The Balaban J connectivity index is 2.84. The first-order valence-corrected chi connectivity index (χ1v) is 6.87. The maximum Gasteiger partial charge on any atom is 0.0542 e. The van der Waals surface area contributed by atoms with E-state index in [1.807, 2.05) is 0 Å². The van der Waals surface area contributed by atoms with Crippen molar-refractivity contribution in [2.45, 2.75) is 59.7 Å². The maximum atomic E-state index is 6.05. The number of nitrogens with zero attached hydrogens (tertiary/aromatic N) is 1. The molecule has 0 bridgehead atoms. The van der Waals surface area contributed by atoms with E-state index in [4.69, 9.17) is 5.73 Å². The molecule has 0 aromatic carbocycles. The third kappa shape index (κ3) is 2.60. The topological polar surface area (TPSA) is 29.3 Å². The van der Waals surface area contributed by atoms with Gasteiger partial charge in [0.15, 0.2) is 0 Å². The molecule has 2 nitrogen and oxygen atoms in total. The van der Waals surface area contributed by atoms with E-state index in [-0.39, 0.29) is 6.17 Å². The second kappa shape index (κ2) is 5.50. The Labute approximate surface area is 102 Å². The molecule has 3 unspecified atom stereocenters. The number of hydrogen-bond acceptors (Lipinski definition) is 2. The molecule has 96 valence electrons. The van der Waals surface area contributed by atoms with Crippen LogP contribution in [0.5, 0.6) is 0 Å². The van der Waals surface area contributed by atoms with Crippen molar-refractivity contribution >= 4 is 0 Å². The zero-order valence-corrected chi connectivity index (χ0v) is 11.9. The summed E-state index contributed by atoms with van der Waals surface area (Å²) in [5.41, 5.74) is 6.05. The summed E-state index contributed by atoms with van der Waals surface area (Å²) in [5.74, 6) is 3.26. The molecule has 0 aromatic rings. The minimum atomic E-state index is 0.171. The lowest BCUT2D eigenvalue weighted by Crippen LogP contribution is -2.48. The van der Waals surface area contributed by atoms with Crippen LogP contribution in [0.3, 0.4) is 0 Å². The monoisotopic (exact) mass is 226 g/mol. The van der Waals surface area contributed by atoms with Crippen LogP contribution in [0.15, 0.2) is 0 Å². The van der Waals surface area contributed by atoms with E-state index in [1.54, 1.807) is 0 Å². The standard InChI is InChI=1S/C14H30N2/c1-7-12-8-13(9(2)3)14(10(12)4)16(6)11(5)15/h9-14H,7-8,15H2,1-6H3/t10-,11+,12?,13?,14?/m0/s1. The van der Waals surface area contributed by atoms with Gasteiger partial charge in [0, 0.05) is 6.04 Å². The first-order chi connectivity index (χ1) is 7.40. The van der Waals surface area contributed by atoms with Crippen molar-refractivity contribution in [3.05, 3.63) is 0 Å². The minimum absolute atomic E-state index is 0.171. The van der Waals surface area contributed by atoms with Crippen molar-refractivity contribution in [3.63, 3.8) is 0 Å². The summed E-state index contributed by atoms with van der Waals surface area (Å²) < 4.78 is 0. The zero-order valence-electron chi connectivity index (χ0n) is 11.9. The third-order valence-corrected chi connectivity index (χ3v) is 4.79. The molecule has 0 radical (unpaired) electrons. The van der Waals surface area contributed by atoms with Gasteiger partial charge in [0.1, 0.15) is 0 Å². The summed E-state index contributed by atoms with van der Waals surface area (Å²) in [5, 5.41) is 0. The average molecular weight is 226 g/mol. The average Bonchev–Trinajstić information content (AvgIpc) is 2.54. The highest BCUT2D eigenvalue weighted by molar-refractivity contribution is 4.95. The molecule has 0 amide bonds. The highest BCUT2D eigenvalue weighted by Crippen LogP contribution is 2.44. The first-order valence-electron chi connectivity index (χ1n) is 6.87. The van der Waals surface area contributed by atoms with Crippen LogP contribution in [-0.4, -0.2) is 24.2 Å². The van der Waals surface area contributed by atoms with Crippen LogP contribution in [0.1, 0.15) is 47.5 Å². The fourth-order valence-corrected chi connectivity index (χ4v) is 3.52. The molecule has 16 heavy (non-hydrogen) atoms. The van der Waals surface area contributed by atoms with Gasteiger partial charge in [-0.1, -0.05) is 34.1 Å². The van der Waals surface area contributed by atoms with Crippen LogP contribution < -0.4 is 5.73 Å². The Morgan fingerprint density at radius 2 is 1.88 bits per heavy atom. The van der Waals surface area contributed by atoms with Gasteiger partial charge in [0.2, 0.25) is 0 Å². The minimum Gasteiger partial charge on any atom is -0.316 e. The van der Waals surface area contributed by atoms with Crippen LogP contribution >= 0.6 is 0 Å². The van der Waals surface area contributed by atoms with Crippen molar-refractivity contribution in [3.8, 4) is 0 Å². The van der Waals surface area contributed by atoms with Gasteiger partial charge in [-0.25, -0.2) is 0 Å². The highest BCUT2D eigenvalue weighted by atomic mass is 15.2. The Kier molecular flexibility index (Phi) is 4.81. The van der Waals surface area contributed by atoms with Gasteiger partial charge < -0.3 is 5.73 Å². The lowest BCUT2D eigenvalue weighted by atomic mass is 9.87. The molecule has 0 aliphatic heterocycles. The molecule has 1 aliphatic carbocycles. The van der Waals surface area contributed by atoms with Crippen molar-refractivity contribution < 1.29 is 0 Å². The summed E-state index contributed by atoms with van der Waals surface area (Å²) in [6, 6.07) is 0.671. The Hall–Kier alpha value is -0.0800. The van der Waals surface area contributed by atoms with E-state index in [0.29, 0.717) is 6.04 Å². The van der Waals surface area contributed by atoms with Gasteiger partial charge >= 0.3 is 0 Å². The lowest BCUT2D eigenvalue weighted by Gasteiger charge is -2.37. The van der Waals surface area contributed by atoms with E-state index < -0.39 is 0 Å². The van der Waals surface area contributed by atoms with Gasteiger partial charge in [-0.15, -0.1) is 0 Å². The predicted molar refractivity (Wildman–Crippen MR) is 71.1 cm³/mol. The second-order valence-corrected chi connectivity index (χ2v) is 6.07. The molecule has 0 heterocycles. The van der Waals surface area contributed by atoms with Crippen LogP contribution in [0, 0.1) is 23.7 Å². The highest BCUT2D eigenvalue weighted by Gasteiger charge is 2.43. The quantitative estimate of drug-likeness (QED) is 0.747. The Morgan fingerprint density at radius 1 is 1.31 bits per heavy atom. The van der Waals surface area contributed by atoms with Gasteiger partial charge in [-0.2, -0.15) is 0 Å². The third-order valence-electron chi connectivity index (χ3n) is 4.79. The van der Waals surface area contributed by atoms with Crippen molar-refractivity contribution in [2.75, 3.05) is 7.05 Å². The summed E-state index contributed by atoms with van der Waals surface area (Å²) in [4.78, 5) is 2.39. The smallest absolute Gasteiger partial charge is 0.0542 e. The molecule has 5 atom stereocenters. The van der Waals surface area contributed by atoms with E-state index in [9.17, 15) is 0 Å². The largest absolute Gasteiger partial charge is 0.316 e. The summed E-state index contributed by atoms with van der Waals surface area (Å²) in [6.45, 7) is 11.6. The molecule has 1 rings (SSSR count). The predicted octanol–water partition coefficient (Wildman–Crippen LogP) is 2.93. The van der Waals surface area contributed by atoms with Gasteiger partial charge in [-0.3, -0.25) is 4.90 Å². The van der Waals surface area contributed by atoms with Crippen LogP contribution in [0.4, 0.5) is 0 Å². The van der Waals surface area contributed by atoms with Crippen molar-refractivity contribution in [1.29, 1.82) is 0 Å². The van der Waals surface area contributed by atoms with Crippen molar-refractivity contribution in [2.24, 2.45) is 29.4 Å². The number of hydrogen-bond donors (Lipinski definition) is 1. The zero-order chi connectivity index (χ0) is 12.5. The van der Waals surface area contributed by atoms with Gasteiger partial charge in [-0.05, 0) is 44.1 Å². The molecule has 2 heteroatoms. The van der Waals surface area contributed by atoms with E-state index in [0.717, 1.165) is 23.7 Å². The van der Waals surface area contributed by atoms with Crippen molar-refractivity contribution in [1.82, 2.24) is 4.90 Å². The Bertz CT molecular complexity index is 213. The molecular weight excluding hydrogens is 196 g/mol. The number of nitrogens with two attached hydrogens (primary N) is 1. The normalized spacial score (nSPS) is 37.3. The summed E-state index contributed by atoms with van der Waals surface area (Å²) >= 11 is 0. The molecule has 0 saturated heterocycles. The first kappa shape index (κ1) is 14.0. The fourth-order valence-electron chi connectivity index (χ4n) is 3.52. The molecule has 2 N–H and O–H groups in total. The van der Waals surface area contributed by atoms with E-state index in [2.05, 4.69) is 46.6 Å². The summed E-state index contributed by atoms with van der Waals surface area (Å²) in [7, 11) is 2.19. The van der Waals surface area contributed by atoms with Crippen LogP contribution in [-0.2, 0) is 0 Å². The maximum absolute atomic E-state index is 6.05. The second-order valence-electron chi connectivity index (χ2n) is 6.07. The van der Waals surface area contributed by atoms with Gasteiger partial charge in [0.05, 0.1) is 6.17 Å². The molecule has 1 aliphatic rings. The van der Waals surface area contributed by atoms with E-state index in [1.165, 1.54) is 12.8 Å². The lowest BCUT2D eigenvalue weighted by molar-refractivity contribution is 0.101. The van der Waals surface area contributed by atoms with Crippen LogP contribution in [0.2, 0.25) is 0 Å². The molecular formula is C14H30N2. The molecule has 0 aromatic heterocycles. The van der Waals surface area contributed by atoms with E-state index >= 15 is 0 Å². The number of rotatable bonds is 4. The fraction of sp³-hybridized carbons (Fsp3) is 1.00. The summed E-state index contributed by atoms with van der Waals surface area (Å²) in [6.07, 6.45) is 2.87.